The van der Waals surface area contributed by atoms with E-state index in [0.29, 0.717) is 11.3 Å². The second-order valence-corrected chi connectivity index (χ2v) is 4.71. The first-order valence-corrected chi connectivity index (χ1v) is 6.80. The van der Waals surface area contributed by atoms with Crippen molar-refractivity contribution in [1.82, 2.24) is 0 Å². The summed E-state index contributed by atoms with van der Waals surface area (Å²) in [6.07, 6.45) is 2.93. The number of ether oxygens (including phenoxy) is 1. The highest BCUT2D eigenvalue weighted by Gasteiger charge is 2.22. The standard InChI is InChI=1S/C15H11N5O5/c1-25-12-5-2-10(3-6-12)4-7-13-14(17-18-16)8-11(19(21)22)9-15(13)20(23)24/h2-9H,1H3/b7-4+. The van der Waals surface area contributed by atoms with E-state index >= 15 is 0 Å². The third kappa shape index (κ3) is 4.09. The number of non-ortho nitro benzene ring substituents is 1. The lowest BCUT2D eigenvalue weighted by atomic mass is 10.1. The zero-order chi connectivity index (χ0) is 18.4. The molecule has 126 valence electrons. The van der Waals surface area contributed by atoms with Crippen molar-refractivity contribution >= 4 is 29.2 Å². The molecular formula is C15H11N5O5. The lowest BCUT2D eigenvalue weighted by Gasteiger charge is -2.03. The monoisotopic (exact) mass is 341 g/mol. The van der Waals surface area contributed by atoms with Gasteiger partial charge in [-0.05, 0) is 29.3 Å². The molecule has 0 atom stereocenters. The number of hydrogen-bond donors (Lipinski definition) is 0. The first kappa shape index (κ1) is 17.4. The highest BCUT2D eigenvalue weighted by atomic mass is 16.6. The second kappa shape index (κ2) is 7.57. The molecule has 0 N–H and O–H groups in total. The molecular weight excluding hydrogens is 330 g/mol. The fourth-order valence-electron chi connectivity index (χ4n) is 2.06. The number of benzene rings is 2. The summed E-state index contributed by atoms with van der Waals surface area (Å²) in [5, 5.41) is 25.5. The smallest absolute Gasteiger partial charge is 0.283 e. The number of azide groups is 1. The molecule has 0 aliphatic rings. The van der Waals surface area contributed by atoms with Crippen LogP contribution in [0.15, 0.2) is 41.5 Å². The van der Waals surface area contributed by atoms with Crippen LogP contribution >= 0.6 is 0 Å². The SMILES string of the molecule is COc1ccc(/C=C/c2c(N=[N+]=[N-])cc([N+](=O)[O-])cc2[N+](=O)[O-])cc1. The zero-order valence-electron chi connectivity index (χ0n) is 12.9. The highest BCUT2D eigenvalue weighted by Crippen LogP contribution is 2.35. The summed E-state index contributed by atoms with van der Waals surface area (Å²) in [7, 11) is 1.53. The van der Waals surface area contributed by atoms with Gasteiger partial charge in [-0.2, -0.15) is 0 Å². The summed E-state index contributed by atoms with van der Waals surface area (Å²) in [6, 6.07) is 8.67. The minimum Gasteiger partial charge on any atom is -0.497 e. The lowest BCUT2D eigenvalue weighted by molar-refractivity contribution is -0.394. The van der Waals surface area contributed by atoms with Gasteiger partial charge in [0.15, 0.2) is 0 Å². The predicted molar refractivity (Wildman–Crippen MR) is 90.5 cm³/mol. The lowest BCUT2D eigenvalue weighted by Crippen LogP contribution is -1.95. The van der Waals surface area contributed by atoms with Crippen molar-refractivity contribution in [2.45, 2.75) is 0 Å². The summed E-state index contributed by atoms with van der Waals surface area (Å²) in [6.45, 7) is 0. The van der Waals surface area contributed by atoms with Crippen LogP contribution in [0.4, 0.5) is 17.1 Å². The van der Waals surface area contributed by atoms with E-state index in [1.54, 1.807) is 30.3 Å². The van der Waals surface area contributed by atoms with E-state index in [1.165, 1.54) is 13.2 Å². The van der Waals surface area contributed by atoms with Gasteiger partial charge in [0.1, 0.15) is 5.75 Å². The number of nitro groups is 2. The Kier molecular flexibility index (Phi) is 5.29. The molecule has 2 rings (SSSR count). The molecule has 10 heteroatoms. The number of methoxy groups -OCH3 is 1. The van der Waals surface area contributed by atoms with Crippen LogP contribution in [0.5, 0.6) is 5.75 Å². The average Bonchev–Trinajstić information content (AvgIpc) is 2.60. The van der Waals surface area contributed by atoms with Crippen molar-refractivity contribution in [3.8, 4) is 5.75 Å². The quantitative estimate of drug-likeness (QED) is 0.188. The van der Waals surface area contributed by atoms with Gasteiger partial charge in [0.2, 0.25) is 0 Å². The molecule has 10 nitrogen and oxygen atoms in total. The minimum absolute atomic E-state index is 0.0239. The molecule has 25 heavy (non-hydrogen) atoms. The van der Waals surface area contributed by atoms with Gasteiger partial charge in [-0.1, -0.05) is 23.3 Å². The Morgan fingerprint density at radius 1 is 1.12 bits per heavy atom. The largest absolute Gasteiger partial charge is 0.497 e. The van der Waals surface area contributed by atoms with E-state index in [2.05, 4.69) is 10.0 Å². The van der Waals surface area contributed by atoms with Gasteiger partial charge >= 0.3 is 0 Å². The molecule has 0 aliphatic heterocycles. The van der Waals surface area contributed by atoms with E-state index in [9.17, 15) is 20.2 Å². The van der Waals surface area contributed by atoms with Gasteiger partial charge in [-0.15, -0.1) is 0 Å². The van der Waals surface area contributed by atoms with E-state index in [0.717, 1.165) is 12.1 Å². The van der Waals surface area contributed by atoms with Gasteiger partial charge in [0.05, 0.1) is 34.3 Å². The van der Waals surface area contributed by atoms with Gasteiger partial charge in [-0.3, -0.25) is 20.2 Å². The van der Waals surface area contributed by atoms with Crippen LogP contribution in [-0.4, -0.2) is 17.0 Å². The third-order valence-electron chi connectivity index (χ3n) is 3.24. The van der Waals surface area contributed by atoms with E-state index in [4.69, 9.17) is 10.3 Å². The Morgan fingerprint density at radius 2 is 1.80 bits per heavy atom. The van der Waals surface area contributed by atoms with Crippen molar-refractivity contribution in [2.75, 3.05) is 7.11 Å². The topological polar surface area (TPSA) is 144 Å². The van der Waals surface area contributed by atoms with Crippen LogP contribution in [0.2, 0.25) is 0 Å². The normalized spacial score (nSPS) is 10.3. The van der Waals surface area contributed by atoms with Crippen molar-refractivity contribution in [2.24, 2.45) is 5.11 Å². The Hall–Kier alpha value is -3.91. The van der Waals surface area contributed by atoms with Crippen molar-refractivity contribution in [3.63, 3.8) is 0 Å². The van der Waals surface area contributed by atoms with Crippen molar-refractivity contribution < 1.29 is 14.6 Å². The zero-order valence-corrected chi connectivity index (χ0v) is 12.9. The van der Waals surface area contributed by atoms with E-state index < -0.39 is 21.2 Å². The predicted octanol–water partition coefficient (Wildman–Crippen LogP) is 4.62. The van der Waals surface area contributed by atoms with Gasteiger partial charge in [0.25, 0.3) is 11.4 Å². The molecule has 2 aromatic rings. The first-order chi connectivity index (χ1) is 12.0. The summed E-state index contributed by atoms with van der Waals surface area (Å²) in [4.78, 5) is 23.2. The van der Waals surface area contributed by atoms with Crippen LogP contribution < -0.4 is 4.74 Å². The van der Waals surface area contributed by atoms with Crippen LogP contribution in [0.1, 0.15) is 11.1 Å². The fourth-order valence-corrected chi connectivity index (χ4v) is 2.06. The summed E-state index contributed by atoms with van der Waals surface area (Å²) in [5.41, 5.74) is 8.05. The molecule has 0 unspecified atom stereocenters. The maximum absolute atomic E-state index is 11.2. The highest BCUT2D eigenvalue weighted by molar-refractivity contribution is 5.82. The van der Waals surface area contributed by atoms with Crippen LogP contribution in [0.3, 0.4) is 0 Å². The Labute approximate surface area is 140 Å². The van der Waals surface area contributed by atoms with Crippen LogP contribution in [0.25, 0.3) is 22.6 Å². The third-order valence-corrected chi connectivity index (χ3v) is 3.24. The Bertz CT molecular complexity index is 878. The van der Waals surface area contributed by atoms with E-state index in [-0.39, 0.29) is 11.3 Å². The van der Waals surface area contributed by atoms with E-state index in [1.807, 2.05) is 0 Å². The summed E-state index contributed by atoms with van der Waals surface area (Å²) in [5.74, 6) is 0.647. The first-order valence-electron chi connectivity index (χ1n) is 6.80. The Balaban J connectivity index is 2.56. The number of hydrogen-bond acceptors (Lipinski definition) is 6. The van der Waals surface area contributed by atoms with Crippen molar-refractivity contribution in [3.05, 3.63) is 78.2 Å². The molecule has 0 amide bonds. The second-order valence-electron chi connectivity index (χ2n) is 4.71. The number of nitrogens with zero attached hydrogens (tertiary/aromatic N) is 5. The molecule has 0 spiro atoms. The molecule has 0 radical (unpaired) electrons. The Morgan fingerprint density at radius 3 is 2.32 bits per heavy atom. The molecule has 0 saturated carbocycles. The van der Waals surface area contributed by atoms with Crippen LogP contribution in [0, 0.1) is 20.2 Å². The van der Waals surface area contributed by atoms with Gasteiger partial charge in [-0.25, -0.2) is 0 Å². The maximum atomic E-state index is 11.2. The van der Waals surface area contributed by atoms with Crippen LogP contribution in [-0.2, 0) is 0 Å². The van der Waals surface area contributed by atoms with Gasteiger partial charge < -0.3 is 4.74 Å². The number of nitro benzene ring substituents is 2. The molecule has 2 aromatic carbocycles. The average molecular weight is 341 g/mol. The number of rotatable bonds is 6. The molecule has 0 heterocycles. The van der Waals surface area contributed by atoms with Crippen molar-refractivity contribution in [1.29, 1.82) is 0 Å². The molecule has 0 saturated heterocycles. The summed E-state index contributed by atoms with van der Waals surface area (Å²) < 4.78 is 5.04. The van der Waals surface area contributed by atoms with Gasteiger partial charge in [0, 0.05) is 11.0 Å². The molecule has 0 aliphatic carbocycles. The molecule has 0 bridgehead atoms. The molecule has 0 fully saturated rings. The molecule has 0 aromatic heterocycles. The minimum atomic E-state index is -0.791. The summed E-state index contributed by atoms with van der Waals surface area (Å²) >= 11 is 0. The fraction of sp³-hybridized carbons (Fsp3) is 0.0667. The maximum Gasteiger partial charge on any atom is 0.283 e.